The highest BCUT2D eigenvalue weighted by Gasteiger charge is 2.38. The molecule has 0 fully saturated rings. The highest BCUT2D eigenvalue weighted by Crippen LogP contribution is 2.35. The first-order valence-corrected chi connectivity index (χ1v) is 8.66. The Morgan fingerprint density at radius 2 is 1.70 bits per heavy atom. The van der Waals surface area contributed by atoms with Crippen LogP contribution in [-0.4, -0.2) is 37.5 Å². The Hall–Kier alpha value is -3.28. The number of amides is 2. The molecule has 1 aliphatic rings. The molecule has 0 aliphatic carbocycles. The number of imide groups is 1. The average Bonchev–Trinajstić information content (AvgIpc) is 2.90. The van der Waals surface area contributed by atoms with Gasteiger partial charge in [-0.1, -0.05) is 18.2 Å². The molecule has 0 unspecified atom stereocenters. The standard InChI is InChI=1S/C21H22N2O4/c1-5-23-20(24)18(14-9-10-16(26-3)17(12-14)27-4)19(21(23)25)22-15-8-6-7-13(2)11-15/h6-12,22H,5H2,1-4H3. The molecule has 0 saturated heterocycles. The number of carbonyl (C=O) groups excluding carboxylic acids is 2. The number of aryl methyl sites for hydroxylation is 1. The zero-order valence-electron chi connectivity index (χ0n) is 15.8. The van der Waals surface area contributed by atoms with Crippen molar-refractivity contribution in [3.05, 3.63) is 59.3 Å². The zero-order valence-corrected chi connectivity index (χ0v) is 15.8. The summed E-state index contributed by atoms with van der Waals surface area (Å²) in [5, 5.41) is 3.14. The zero-order chi connectivity index (χ0) is 19.6. The van der Waals surface area contributed by atoms with Crippen LogP contribution in [0.3, 0.4) is 0 Å². The molecule has 0 spiro atoms. The van der Waals surface area contributed by atoms with Crippen LogP contribution in [-0.2, 0) is 9.59 Å². The second-order valence-electron chi connectivity index (χ2n) is 6.17. The number of rotatable bonds is 6. The molecule has 6 nitrogen and oxygen atoms in total. The minimum atomic E-state index is -0.339. The number of nitrogens with one attached hydrogen (secondary N) is 1. The quantitative estimate of drug-likeness (QED) is 0.795. The van der Waals surface area contributed by atoms with Gasteiger partial charge in [0.15, 0.2) is 11.5 Å². The Morgan fingerprint density at radius 1 is 0.963 bits per heavy atom. The van der Waals surface area contributed by atoms with Crippen molar-refractivity contribution in [1.29, 1.82) is 0 Å². The molecule has 0 atom stereocenters. The number of anilines is 1. The van der Waals surface area contributed by atoms with E-state index in [1.165, 1.54) is 12.0 Å². The van der Waals surface area contributed by atoms with Crippen LogP contribution in [0.25, 0.3) is 5.57 Å². The summed E-state index contributed by atoms with van der Waals surface area (Å²) in [6, 6.07) is 12.8. The fourth-order valence-electron chi connectivity index (χ4n) is 3.11. The second kappa shape index (κ2) is 7.53. The summed E-state index contributed by atoms with van der Waals surface area (Å²) in [5.74, 6) is 0.380. The van der Waals surface area contributed by atoms with Crippen molar-refractivity contribution in [2.75, 3.05) is 26.1 Å². The van der Waals surface area contributed by atoms with E-state index in [0.717, 1.165) is 11.3 Å². The number of methoxy groups -OCH3 is 2. The molecule has 2 aromatic carbocycles. The first-order chi connectivity index (χ1) is 13.0. The van der Waals surface area contributed by atoms with Crippen LogP contribution < -0.4 is 14.8 Å². The van der Waals surface area contributed by atoms with Gasteiger partial charge in [-0.25, -0.2) is 0 Å². The summed E-state index contributed by atoms with van der Waals surface area (Å²) in [4.78, 5) is 27.0. The number of likely N-dealkylation sites (N-methyl/N-ethyl adjacent to an activating group) is 1. The lowest BCUT2D eigenvalue weighted by Gasteiger charge is -2.12. The van der Waals surface area contributed by atoms with E-state index in [9.17, 15) is 9.59 Å². The maximum atomic E-state index is 12.9. The van der Waals surface area contributed by atoms with Crippen LogP contribution in [0.1, 0.15) is 18.1 Å². The number of hydrogen-bond donors (Lipinski definition) is 1. The minimum absolute atomic E-state index is 0.264. The van der Waals surface area contributed by atoms with Crippen molar-refractivity contribution >= 4 is 23.1 Å². The number of ether oxygens (including phenoxy) is 2. The monoisotopic (exact) mass is 366 g/mol. The number of benzene rings is 2. The first-order valence-electron chi connectivity index (χ1n) is 8.66. The predicted molar refractivity (Wildman–Crippen MR) is 104 cm³/mol. The van der Waals surface area contributed by atoms with E-state index in [4.69, 9.17) is 9.47 Å². The smallest absolute Gasteiger partial charge is 0.278 e. The predicted octanol–water partition coefficient (Wildman–Crippen LogP) is 3.22. The summed E-state index contributed by atoms with van der Waals surface area (Å²) < 4.78 is 10.6. The van der Waals surface area contributed by atoms with Crippen LogP contribution in [0.4, 0.5) is 5.69 Å². The van der Waals surface area contributed by atoms with Crippen LogP contribution in [0.15, 0.2) is 48.2 Å². The van der Waals surface area contributed by atoms with E-state index >= 15 is 0 Å². The van der Waals surface area contributed by atoms with E-state index in [1.807, 2.05) is 31.2 Å². The topological polar surface area (TPSA) is 67.9 Å². The van der Waals surface area contributed by atoms with E-state index < -0.39 is 0 Å². The van der Waals surface area contributed by atoms with Crippen LogP contribution in [0.5, 0.6) is 11.5 Å². The van der Waals surface area contributed by atoms with Gasteiger partial charge in [0.25, 0.3) is 11.8 Å². The van der Waals surface area contributed by atoms with E-state index in [1.54, 1.807) is 32.2 Å². The Balaban J connectivity index is 2.12. The second-order valence-corrected chi connectivity index (χ2v) is 6.17. The summed E-state index contributed by atoms with van der Waals surface area (Å²) >= 11 is 0. The molecule has 27 heavy (non-hydrogen) atoms. The molecule has 1 N–H and O–H groups in total. The van der Waals surface area contributed by atoms with Crippen molar-refractivity contribution in [2.45, 2.75) is 13.8 Å². The van der Waals surface area contributed by atoms with Gasteiger partial charge in [-0.05, 0) is 49.2 Å². The average molecular weight is 366 g/mol. The number of carbonyl (C=O) groups is 2. The maximum absolute atomic E-state index is 12.9. The van der Waals surface area contributed by atoms with Crippen molar-refractivity contribution < 1.29 is 19.1 Å². The molecule has 1 aliphatic heterocycles. The fourth-order valence-corrected chi connectivity index (χ4v) is 3.11. The molecule has 6 heteroatoms. The lowest BCUT2D eigenvalue weighted by atomic mass is 10.0. The summed E-state index contributed by atoms with van der Waals surface area (Å²) in [6.07, 6.45) is 0. The molecule has 2 aromatic rings. The van der Waals surface area contributed by atoms with Gasteiger partial charge in [0.05, 0.1) is 19.8 Å². The molecule has 0 bridgehead atoms. The van der Waals surface area contributed by atoms with E-state index in [0.29, 0.717) is 29.2 Å². The van der Waals surface area contributed by atoms with Crippen molar-refractivity contribution in [2.24, 2.45) is 0 Å². The van der Waals surface area contributed by atoms with Crippen molar-refractivity contribution in [3.8, 4) is 11.5 Å². The van der Waals surface area contributed by atoms with Crippen LogP contribution in [0.2, 0.25) is 0 Å². The van der Waals surface area contributed by atoms with Crippen molar-refractivity contribution in [1.82, 2.24) is 4.90 Å². The Labute approximate surface area is 158 Å². The van der Waals surface area contributed by atoms with Crippen LogP contribution in [0, 0.1) is 6.92 Å². The number of hydrogen-bond acceptors (Lipinski definition) is 5. The van der Waals surface area contributed by atoms with Gasteiger partial charge in [-0.2, -0.15) is 0 Å². The maximum Gasteiger partial charge on any atom is 0.278 e. The Bertz CT molecular complexity index is 934. The Kier molecular flexibility index (Phi) is 5.16. The summed E-state index contributed by atoms with van der Waals surface area (Å²) in [6.45, 7) is 4.04. The molecule has 140 valence electrons. The third-order valence-electron chi connectivity index (χ3n) is 4.44. The summed E-state index contributed by atoms with van der Waals surface area (Å²) in [5.41, 5.74) is 2.99. The molecule has 0 saturated carbocycles. The lowest BCUT2D eigenvalue weighted by molar-refractivity contribution is -0.136. The van der Waals surface area contributed by atoms with Gasteiger partial charge in [0, 0.05) is 12.2 Å². The first kappa shape index (κ1) is 18.5. The fraction of sp³-hybridized carbons (Fsp3) is 0.238. The molecule has 3 rings (SSSR count). The Morgan fingerprint density at radius 3 is 2.33 bits per heavy atom. The molecule has 1 heterocycles. The highest BCUT2D eigenvalue weighted by molar-refractivity contribution is 6.36. The third-order valence-corrected chi connectivity index (χ3v) is 4.44. The van der Waals surface area contributed by atoms with E-state index in [2.05, 4.69) is 5.32 Å². The lowest BCUT2D eigenvalue weighted by Crippen LogP contribution is -2.32. The van der Waals surface area contributed by atoms with Crippen molar-refractivity contribution in [3.63, 3.8) is 0 Å². The normalized spacial score (nSPS) is 14.0. The largest absolute Gasteiger partial charge is 0.493 e. The molecule has 2 amide bonds. The molecule has 0 radical (unpaired) electrons. The van der Waals surface area contributed by atoms with Gasteiger partial charge in [-0.15, -0.1) is 0 Å². The summed E-state index contributed by atoms with van der Waals surface area (Å²) in [7, 11) is 3.08. The molecular weight excluding hydrogens is 344 g/mol. The van der Waals surface area contributed by atoms with Gasteiger partial charge in [0.2, 0.25) is 0 Å². The van der Waals surface area contributed by atoms with Gasteiger partial charge >= 0.3 is 0 Å². The minimum Gasteiger partial charge on any atom is -0.493 e. The molecule has 0 aromatic heterocycles. The van der Waals surface area contributed by atoms with Gasteiger partial charge < -0.3 is 14.8 Å². The number of nitrogens with zero attached hydrogens (tertiary/aromatic N) is 1. The van der Waals surface area contributed by atoms with Crippen LogP contribution >= 0.6 is 0 Å². The van der Waals surface area contributed by atoms with E-state index in [-0.39, 0.29) is 17.5 Å². The van der Waals surface area contributed by atoms with Gasteiger partial charge in [0.1, 0.15) is 5.70 Å². The molecular formula is C21H22N2O4. The third kappa shape index (κ3) is 3.38. The highest BCUT2D eigenvalue weighted by atomic mass is 16.5. The van der Waals surface area contributed by atoms with Gasteiger partial charge in [-0.3, -0.25) is 14.5 Å². The SMILES string of the molecule is CCN1C(=O)C(Nc2cccc(C)c2)=C(c2ccc(OC)c(OC)c2)C1=O.